The second kappa shape index (κ2) is 8.76. The van der Waals surface area contributed by atoms with Crippen LogP contribution in [0.5, 0.6) is 11.5 Å². The number of sulfonamides is 1. The normalized spacial score (nSPS) is 18.2. The molecule has 2 aromatic carbocycles. The van der Waals surface area contributed by atoms with Gasteiger partial charge < -0.3 is 9.47 Å². The molecular weight excluding hydrogens is 386 g/mol. The van der Waals surface area contributed by atoms with Crippen LogP contribution in [0.4, 0.5) is 0 Å². The largest absolute Gasteiger partial charge is 0.489 e. The van der Waals surface area contributed by atoms with E-state index in [1.807, 2.05) is 69.3 Å². The predicted molar refractivity (Wildman–Crippen MR) is 116 cm³/mol. The molecule has 0 spiro atoms. The van der Waals surface area contributed by atoms with Crippen molar-refractivity contribution < 1.29 is 17.9 Å². The van der Waals surface area contributed by atoms with E-state index in [1.54, 1.807) is 11.2 Å². The van der Waals surface area contributed by atoms with Crippen LogP contribution in [0.2, 0.25) is 0 Å². The molecule has 0 aliphatic carbocycles. The Balaban J connectivity index is 1.94. The van der Waals surface area contributed by atoms with Gasteiger partial charge in [0.1, 0.15) is 23.7 Å². The zero-order valence-electron chi connectivity index (χ0n) is 17.7. The molecular formula is C23H31NO4S. The van der Waals surface area contributed by atoms with Crippen LogP contribution in [0.25, 0.3) is 0 Å². The molecule has 1 aliphatic heterocycles. The van der Waals surface area contributed by atoms with Crippen molar-refractivity contribution in [3.63, 3.8) is 0 Å². The summed E-state index contributed by atoms with van der Waals surface area (Å²) in [4.78, 5) is 0. The molecule has 0 radical (unpaired) electrons. The Bertz CT molecular complexity index is 925. The summed E-state index contributed by atoms with van der Waals surface area (Å²) >= 11 is 0. The standard InChI is InChI=1S/C23H31NO4S/c1-5-14-24(29(25,26)6-2)21-16-23(3,4)28-22-13-12-19(15-20(21)22)27-17-18-10-8-7-9-11-18/h7-13,15,21H,5-6,14,16-17H2,1-4H3. The number of fused-ring (bicyclic) bond motifs is 1. The molecule has 0 bridgehead atoms. The highest BCUT2D eigenvalue weighted by molar-refractivity contribution is 7.89. The van der Waals surface area contributed by atoms with Crippen LogP contribution >= 0.6 is 0 Å². The van der Waals surface area contributed by atoms with Gasteiger partial charge in [-0.25, -0.2) is 8.42 Å². The van der Waals surface area contributed by atoms with Crippen LogP contribution in [-0.4, -0.2) is 30.6 Å². The van der Waals surface area contributed by atoms with Crippen molar-refractivity contribution in [2.45, 2.75) is 58.8 Å². The lowest BCUT2D eigenvalue weighted by Gasteiger charge is -2.42. The topological polar surface area (TPSA) is 55.8 Å². The van der Waals surface area contributed by atoms with E-state index in [0.29, 0.717) is 25.3 Å². The number of hydrogen-bond donors (Lipinski definition) is 0. The van der Waals surface area contributed by atoms with E-state index >= 15 is 0 Å². The first kappa shape index (κ1) is 21.7. The third kappa shape index (κ3) is 5.11. The summed E-state index contributed by atoms with van der Waals surface area (Å²) < 4.78 is 39.5. The molecule has 0 aromatic heterocycles. The minimum absolute atomic E-state index is 0.0876. The molecule has 0 saturated carbocycles. The molecule has 5 nitrogen and oxygen atoms in total. The van der Waals surface area contributed by atoms with Crippen molar-refractivity contribution in [2.75, 3.05) is 12.3 Å². The Morgan fingerprint density at radius 1 is 1.14 bits per heavy atom. The van der Waals surface area contributed by atoms with Gasteiger partial charge in [0.15, 0.2) is 0 Å². The van der Waals surface area contributed by atoms with E-state index in [0.717, 1.165) is 23.3 Å². The van der Waals surface area contributed by atoms with Gasteiger partial charge in [0.05, 0.1) is 11.8 Å². The lowest BCUT2D eigenvalue weighted by Crippen LogP contribution is -2.44. The van der Waals surface area contributed by atoms with Crippen molar-refractivity contribution in [1.29, 1.82) is 0 Å². The highest BCUT2D eigenvalue weighted by Gasteiger charge is 2.40. The summed E-state index contributed by atoms with van der Waals surface area (Å²) in [7, 11) is -3.35. The molecule has 29 heavy (non-hydrogen) atoms. The minimum atomic E-state index is -3.35. The van der Waals surface area contributed by atoms with E-state index in [-0.39, 0.29) is 11.8 Å². The summed E-state index contributed by atoms with van der Waals surface area (Å²) in [6.45, 7) is 8.66. The monoisotopic (exact) mass is 417 g/mol. The summed E-state index contributed by atoms with van der Waals surface area (Å²) in [5.41, 5.74) is 1.51. The minimum Gasteiger partial charge on any atom is -0.489 e. The van der Waals surface area contributed by atoms with Crippen molar-refractivity contribution in [3.05, 3.63) is 59.7 Å². The second-order valence-corrected chi connectivity index (χ2v) is 10.3. The maximum Gasteiger partial charge on any atom is 0.214 e. The Kier molecular flexibility index (Phi) is 6.54. The fraction of sp³-hybridized carbons (Fsp3) is 0.478. The maximum absolute atomic E-state index is 12.9. The average Bonchev–Trinajstić information content (AvgIpc) is 2.70. The molecule has 158 valence electrons. The molecule has 0 amide bonds. The molecule has 3 rings (SSSR count). The fourth-order valence-corrected chi connectivity index (χ4v) is 5.13. The fourth-order valence-electron chi connectivity index (χ4n) is 3.76. The second-order valence-electron chi connectivity index (χ2n) is 8.07. The lowest BCUT2D eigenvalue weighted by molar-refractivity contribution is 0.0500. The number of ether oxygens (including phenoxy) is 2. The number of hydrogen-bond acceptors (Lipinski definition) is 4. The molecule has 0 fully saturated rings. The third-order valence-corrected chi connectivity index (χ3v) is 7.05. The first-order valence-corrected chi connectivity index (χ1v) is 11.9. The molecule has 1 heterocycles. The van der Waals surface area contributed by atoms with Gasteiger partial charge in [0.25, 0.3) is 0 Å². The van der Waals surface area contributed by atoms with E-state index in [2.05, 4.69) is 0 Å². The molecule has 0 N–H and O–H groups in total. The molecule has 2 aromatic rings. The Morgan fingerprint density at radius 3 is 2.52 bits per heavy atom. The van der Waals surface area contributed by atoms with Crippen molar-refractivity contribution in [2.24, 2.45) is 0 Å². The van der Waals surface area contributed by atoms with Crippen LogP contribution in [0.1, 0.15) is 57.7 Å². The SMILES string of the molecule is CCCN(C1CC(C)(C)Oc2ccc(OCc3ccccc3)cc21)S(=O)(=O)CC. The summed E-state index contributed by atoms with van der Waals surface area (Å²) in [6, 6.07) is 15.4. The Labute approximate surface area is 174 Å². The Hall–Kier alpha value is -2.05. The van der Waals surface area contributed by atoms with Crippen LogP contribution in [0, 0.1) is 0 Å². The van der Waals surface area contributed by atoms with E-state index in [4.69, 9.17) is 9.47 Å². The van der Waals surface area contributed by atoms with E-state index in [1.165, 1.54) is 0 Å². The maximum atomic E-state index is 12.9. The highest BCUT2D eigenvalue weighted by Crippen LogP contribution is 2.45. The van der Waals surface area contributed by atoms with Gasteiger partial charge in [0.2, 0.25) is 10.0 Å². The molecule has 1 aliphatic rings. The zero-order valence-corrected chi connectivity index (χ0v) is 18.5. The number of nitrogens with zero attached hydrogens (tertiary/aromatic N) is 1. The third-order valence-electron chi connectivity index (χ3n) is 5.17. The number of rotatable bonds is 8. The van der Waals surface area contributed by atoms with Gasteiger partial charge in [0, 0.05) is 18.5 Å². The van der Waals surface area contributed by atoms with E-state index in [9.17, 15) is 8.42 Å². The van der Waals surface area contributed by atoms with Gasteiger partial charge in [-0.05, 0) is 51.0 Å². The van der Waals surface area contributed by atoms with Gasteiger partial charge in [-0.3, -0.25) is 0 Å². The van der Waals surface area contributed by atoms with Crippen LogP contribution in [0.15, 0.2) is 48.5 Å². The summed E-state index contributed by atoms with van der Waals surface area (Å²) in [6.07, 6.45) is 1.36. The van der Waals surface area contributed by atoms with Crippen molar-refractivity contribution in [3.8, 4) is 11.5 Å². The first-order chi connectivity index (χ1) is 13.8. The van der Waals surface area contributed by atoms with Crippen molar-refractivity contribution in [1.82, 2.24) is 4.31 Å². The quantitative estimate of drug-likeness (QED) is 0.611. The highest BCUT2D eigenvalue weighted by atomic mass is 32.2. The van der Waals surface area contributed by atoms with Crippen LogP contribution < -0.4 is 9.47 Å². The zero-order chi connectivity index (χ0) is 21.1. The van der Waals surface area contributed by atoms with Crippen LogP contribution in [-0.2, 0) is 16.6 Å². The predicted octanol–water partition coefficient (Wildman–Crippen LogP) is 4.93. The summed E-state index contributed by atoms with van der Waals surface area (Å²) in [5.74, 6) is 1.53. The van der Waals surface area contributed by atoms with Gasteiger partial charge in [-0.2, -0.15) is 4.31 Å². The van der Waals surface area contributed by atoms with Crippen LogP contribution in [0.3, 0.4) is 0 Å². The number of benzene rings is 2. The Morgan fingerprint density at radius 2 is 1.86 bits per heavy atom. The first-order valence-electron chi connectivity index (χ1n) is 10.2. The molecule has 1 unspecified atom stereocenters. The smallest absolute Gasteiger partial charge is 0.214 e. The van der Waals surface area contributed by atoms with Crippen molar-refractivity contribution >= 4 is 10.0 Å². The lowest BCUT2D eigenvalue weighted by atomic mass is 9.89. The summed E-state index contributed by atoms with van der Waals surface area (Å²) in [5, 5.41) is 0. The van der Waals surface area contributed by atoms with Gasteiger partial charge >= 0.3 is 0 Å². The molecule has 0 saturated heterocycles. The average molecular weight is 418 g/mol. The molecule has 6 heteroatoms. The molecule has 1 atom stereocenters. The van der Waals surface area contributed by atoms with Gasteiger partial charge in [-0.1, -0.05) is 37.3 Å². The van der Waals surface area contributed by atoms with Gasteiger partial charge in [-0.15, -0.1) is 0 Å². The van der Waals surface area contributed by atoms with E-state index < -0.39 is 15.6 Å².